The summed E-state index contributed by atoms with van der Waals surface area (Å²) in [6.45, 7) is 1.11. The first kappa shape index (κ1) is 22.0. The third kappa shape index (κ3) is 5.32. The van der Waals surface area contributed by atoms with Crippen molar-refractivity contribution < 1.29 is 18.8 Å². The number of hydrogen-bond donors (Lipinski definition) is 2. The number of anilines is 1. The number of hydrogen-bond acceptors (Lipinski definition) is 7. The Kier molecular flexibility index (Phi) is 6.81. The number of halogens is 1. The largest absolute Gasteiger partial charge is 0.467 e. The molecule has 0 radical (unpaired) electrons. The molecule has 1 atom stereocenters. The second-order valence-corrected chi connectivity index (χ2v) is 8.68. The van der Waals surface area contributed by atoms with Crippen LogP contribution < -0.4 is 10.6 Å². The number of nitrogens with zero attached hydrogens (tertiary/aromatic N) is 3. The smallest absolute Gasteiger partial charge is 0.286 e. The summed E-state index contributed by atoms with van der Waals surface area (Å²) in [6.07, 6.45) is 2.94. The van der Waals surface area contributed by atoms with E-state index in [0.29, 0.717) is 42.4 Å². The van der Waals surface area contributed by atoms with E-state index in [1.807, 2.05) is 0 Å². The normalized spacial score (nSPS) is 15.9. The fourth-order valence-electron chi connectivity index (χ4n) is 3.39. The van der Waals surface area contributed by atoms with E-state index in [4.69, 9.17) is 16.0 Å². The average molecular weight is 474 g/mol. The van der Waals surface area contributed by atoms with E-state index in [1.165, 1.54) is 0 Å². The maximum atomic E-state index is 12.9. The monoisotopic (exact) mass is 473 g/mol. The standard InChI is InChI=1S/C21H20ClN5O4S/c22-14-5-1-6-15(10-14)24-18(29)19-25-26-20(32-19)21(30)27-8-2-4-13(12-27)17(28)23-11-16-7-3-9-31-16/h1,3,5-7,9-10,13H,2,4,8,11-12H2,(H,23,28)(H,24,29)/t13-/m1/s1. The topological polar surface area (TPSA) is 117 Å². The van der Waals surface area contributed by atoms with Crippen LogP contribution in [0.5, 0.6) is 0 Å². The number of likely N-dealkylation sites (tertiary alicyclic amines) is 1. The molecule has 9 nitrogen and oxygen atoms in total. The zero-order chi connectivity index (χ0) is 22.5. The van der Waals surface area contributed by atoms with E-state index in [-0.39, 0.29) is 34.3 Å². The van der Waals surface area contributed by atoms with Crippen LogP contribution in [0.2, 0.25) is 5.02 Å². The van der Waals surface area contributed by atoms with Gasteiger partial charge >= 0.3 is 0 Å². The molecule has 1 aliphatic rings. The predicted molar refractivity (Wildman–Crippen MR) is 118 cm³/mol. The molecule has 166 valence electrons. The van der Waals surface area contributed by atoms with Crippen molar-refractivity contribution >= 4 is 46.3 Å². The summed E-state index contributed by atoms with van der Waals surface area (Å²) in [7, 11) is 0. The van der Waals surface area contributed by atoms with Gasteiger partial charge in [0.2, 0.25) is 15.9 Å². The molecule has 0 unspecified atom stereocenters. The summed E-state index contributed by atoms with van der Waals surface area (Å²) >= 11 is 6.84. The van der Waals surface area contributed by atoms with Crippen LogP contribution in [0.25, 0.3) is 0 Å². The van der Waals surface area contributed by atoms with Crippen LogP contribution in [0.3, 0.4) is 0 Å². The molecule has 11 heteroatoms. The third-order valence-electron chi connectivity index (χ3n) is 4.98. The molecule has 0 spiro atoms. The molecule has 0 aliphatic carbocycles. The SMILES string of the molecule is O=C(Nc1cccc(Cl)c1)c1nnc(C(=O)N2CCC[C@@H](C(=O)NCc3ccco3)C2)s1. The number of benzene rings is 1. The van der Waals surface area contributed by atoms with Crippen LogP contribution >= 0.6 is 22.9 Å². The third-order valence-corrected chi connectivity index (χ3v) is 6.13. The number of nitrogens with one attached hydrogen (secondary N) is 2. The lowest BCUT2D eigenvalue weighted by Gasteiger charge is -2.31. The van der Waals surface area contributed by atoms with Gasteiger partial charge < -0.3 is 20.0 Å². The van der Waals surface area contributed by atoms with Crippen LogP contribution in [0.15, 0.2) is 47.1 Å². The Morgan fingerprint density at radius 1 is 1.19 bits per heavy atom. The van der Waals surface area contributed by atoms with E-state index in [9.17, 15) is 14.4 Å². The summed E-state index contributed by atoms with van der Waals surface area (Å²) < 4.78 is 5.22. The lowest BCUT2D eigenvalue weighted by atomic mass is 9.97. The fraction of sp³-hybridized carbons (Fsp3) is 0.286. The van der Waals surface area contributed by atoms with Crippen molar-refractivity contribution in [1.29, 1.82) is 0 Å². The first-order valence-electron chi connectivity index (χ1n) is 9.99. The number of amides is 3. The van der Waals surface area contributed by atoms with Gasteiger partial charge in [0.1, 0.15) is 5.76 Å². The predicted octanol–water partition coefficient (Wildman–Crippen LogP) is 3.21. The molecule has 1 aromatic carbocycles. The van der Waals surface area contributed by atoms with Gasteiger partial charge in [-0.25, -0.2) is 0 Å². The highest BCUT2D eigenvalue weighted by Crippen LogP contribution is 2.22. The molecular formula is C21H20ClN5O4S. The lowest BCUT2D eigenvalue weighted by Crippen LogP contribution is -2.45. The van der Waals surface area contributed by atoms with Crippen molar-refractivity contribution in [2.45, 2.75) is 19.4 Å². The zero-order valence-corrected chi connectivity index (χ0v) is 18.5. The summed E-state index contributed by atoms with van der Waals surface area (Å²) in [5.41, 5.74) is 0.519. The van der Waals surface area contributed by atoms with Crippen molar-refractivity contribution in [2.24, 2.45) is 5.92 Å². The molecule has 3 aromatic rings. The Morgan fingerprint density at radius 2 is 2.03 bits per heavy atom. The molecule has 4 rings (SSSR count). The van der Waals surface area contributed by atoms with Gasteiger partial charge in [0.25, 0.3) is 11.8 Å². The van der Waals surface area contributed by atoms with Gasteiger partial charge in [0, 0.05) is 23.8 Å². The number of rotatable bonds is 6. The minimum absolute atomic E-state index is 0.0677. The van der Waals surface area contributed by atoms with Crippen molar-refractivity contribution in [2.75, 3.05) is 18.4 Å². The molecule has 1 aliphatic heterocycles. The maximum Gasteiger partial charge on any atom is 0.286 e. The molecule has 32 heavy (non-hydrogen) atoms. The van der Waals surface area contributed by atoms with Crippen molar-refractivity contribution in [3.8, 4) is 0 Å². The number of aromatic nitrogens is 2. The van der Waals surface area contributed by atoms with E-state index in [2.05, 4.69) is 20.8 Å². The molecule has 1 saturated heterocycles. The summed E-state index contributed by atoms with van der Waals surface area (Å²) in [4.78, 5) is 39.4. The second-order valence-electron chi connectivity index (χ2n) is 7.26. The summed E-state index contributed by atoms with van der Waals surface area (Å²) in [5, 5.41) is 13.9. The molecule has 2 aromatic heterocycles. The number of piperidine rings is 1. The Hall–Kier alpha value is -3.24. The van der Waals surface area contributed by atoms with E-state index in [1.54, 1.807) is 47.6 Å². The van der Waals surface area contributed by atoms with Crippen LogP contribution in [0.1, 0.15) is 38.2 Å². The molecule has 0 saturated carbocycles. The van der Waals surface area contributed by atoms with Gasteiger partial charge in [0.05, 0.1) is 18.7 Å². The van der Waals surface area contributed by atoms with Gasteiger partial charge in [0.15, 0.2) is 0 Å². The van der Waals surface area contributed by atoms with Crippen LogP contribution in [-0.2, 0) is 11.3 Å². The Labute approximate surface area is 192 Å². The van der Waals surface area contributed by atoms with Gasteiger partial charge in [-0.3, -0.25) is 14.4 Å². The molecule has 0 bridgehead atoms. The molecule has 1 fully saturated rings. The maximum absolute atomic E-state index is 12.9. The Morgan fingerprint density at radius 3 is 2.81 bits per heavy atom. The minimum Gasteiger partial charge on any atom is -0.467 e. The quantitative estimate of drug-likeness (QED) is 0.567. The van der Waals surface area contributed by atoms with Crippen LogP contribution in [0, 0.1) is 5.92 Å². The molecule has 3 heterocycles. The van der Waals surface area contributed by atoms with Crippen molar-refractivity contribution in [3.05, 3.63) is 63.5 Å². The molecular weight excluding hydrogens is 454 g/mol. The number of carbonyl (C=O) groups is 3. The Bertz CT molecular complexity index is 1120. The summed E-state index contributed by atoms with van der Waals surface area (Å²) in [6, 6.07) is 10.3. The fourth-order valence-corrected chi connectivity index (χ4v) is 4.29. The minimum atomic E-state index is -0.474. The lowest BCUT2D eigenvalue weighted by molar-refractivity contribution is -0.126. The van der Waals surface area contributed by atoms with Crippen molar-refractivity contribution in [1.82, 2.24) is 20.4 Å². The van der Waals surface area contributed by atoms with E-state index in [0.717, 1.165) is 11.3 Å². The van der Waals surface area contributed by atoms with E-state index < -0.39 is 5.91 Å². The molecule has 2 N–H and O–H groups in total. The second kappa shape index (κ2) is 9.92. The molecule has 3 amide bonds. The van der Waals surface area contributed by atoms with Crippen LogP contribution in [-0.4, -0.2) is 45.9 Å². The van der Waals surface area contributed by atoms with Crippen molar-refractivity contribution in [3.63, 3.8) is 0 Å². The van der Waals surface area contributed by atoms with Gasteiger partial charge in [-0.1, -0.05) is 29.0 Å². The average Bonchev–Trinajstić information content (AvgIpc) is 3.49. The highest BCUT2D eigenvalue weighted by molar-refractivity contribution is 7.15. The first-order chi connectivity index (χ1) is 15.5. The van der Waals surface area contributed by atoms with Gasteiger partial charge in [-0.2, -0.15) is 0 Å². The van der Waals surface area contributed by atoms with Gasteiger partial charge in [-0.15, -0.1) is 10.2 Å². The zero-order valence-electron chi connectivity index (χ0n) is 16.9. The number of furan rings is 1. The first-order valence-corrected chi connectivity index (χ1v) is 11.2. The number of carbonyl (C=O) groups excluding carboxylic acids is 3. The highest BCUT2D eigenvalue weighted by atomic mass is 35.5. The summed E-state index contributed by atoms with van der Waals surface area (Å²) in [5.74, 6) is -0.594. The van der Waals surface area contributed by atoms with Crippen LogP contribution in [0.4, 0.5) is 5.69 Å². The van der Waals surface area contributed by atoms with E-state index >= 15 is 0 Å². The van der Waals surface area contributed by atoms with Gasteiger partial charge in [-0.05, 0) is 43.2 Å². The Balaban J connectivity index is 1.35. The highest BCUT2D eigenvalue weighted by Gasteiger charge is 2.31.